The van der Waals surface area contributed by atoms with Crippen LogP contribution >= 0.6 is 0 Å². The molecular formula is C20H18F2N4O2. The van der Waals surface area contributed by atoms with Crippen molar-refractivity contribution in [2.75, 3.05) is 18.0 Å². The molecule has 0 radical (unpaired) electrons. The van der Waals surface area contributed by atoms with Gasteiger partial charge in [-0.15, -0.1) is 0 Å². The van der Waals surface area contributed by atoms with Gasteiger partial charge in [-0.1, -0.05) is 0 Å². The van der Waals surface area contributed by atoms with Gasteiger partial charge in [0.1, 0.15) is 11.9 Å². The Morgan fingerprint density at radius 1 is 1.29 bits per heavy atom. The average molecular weight is 384 g/mol. The van der Waals surface area contributed by atoms with Gasteiger partial charge in [0.25, 0.3) is 5.92 Å². The Kier molecular flexibility index (Phi) is 4.16. The summed E-state index contributed by atoms with van der Waals surface area (Å²) in [6.07, 6.45) is 4.25. The Labute approximate surface area is 160 Å². The van der Waals surface area contributed by atoms with E-state index in [-0.39, 0.29) is 36.6 Å². The molecule has 3 heterocycles. The van der Waals surface area contributed by atoms with Crippen LogP contribution in [0.2, 0.25) is 0 Å². The van der Waals surface area contributed by atoms with Gasteiger partial charge in [-0.3, -0.25) is 9.78 Å². The molecule has 2 fully saturated rings. The second kappa shape index (κ2) is 6.31. The number of aliphatic hydroxyl groups is 1. The fraction of sp³-hybridized carbons (Fsp3) is 0.400. The summed E-state index contributed by atoms with van der Waals surface area (Å²) in [5.41, 5.74) is 2.35. The third-order valence-corrected chi connectivity index (χ3v) is 5.90. The molecule has 1 saturated heterocycles. The zero-order chi connectivity index (χ0) is 20.2. The van der Waals surface area contributed by atoms with Gasteiger partial charge in [-0.2, -0.15) is 5.26 Å². The van der Waals surface area contributed by atoms with E-state index in [9.17, 15) is 23.9 Å². The van der Waals surface area contributed by atoms with Gasteiger partial charge in [0.05, 0.1) is 29.6 Å². The molecule has 2 atom stereocenters. The van der Waals surface area contributed by atoms with Crippen molar-refractivity contribution in [3.05, 3.63) is 52.0 Å². The van der Waals surface area contributed by atoms with E-state index >= 15 is 0 Å². The number of fused-ring (bicyclic) bond motifs is 1. The summed E-state index contributed by atoms with van der Waals surface area (Å²) < 4.78 is 27.2. The van der Waals surface area contributed by atoms with E-state index in [0.29, 0.717) is 28.1 Å². The van der Waals surface area contributed by atoms with Gasteiger partial charge in [0, 0.05) is 37.2 Å². The highest BCUT2D eigenvalue weighted by Crippen LogP contribution is 2.59. The Balaban J connectivity index is 1.80. The number of nitriles is 1. The number of rotatable bonds is 4. The molecule has 1 aliphatic carbocycles. The first-order valence-corrected chi connectivity index (χ1v) is 8.92. The largest absolute Gasteiger partial charge is 0.392 e. The molecule has 2 aliphatic rings. The molecule has 8 heteroatoms. The minimum atomic E-state index is -2.64. The molecular weight excluding hydrogens is 366 g/mol. The third-order valence-electron chi connectivity index (χ3n) is 5.90. The lowest BCUT2D eigenvalue weighted by Gasteiger charge is -2.25. The zero-order valence-corrected chi connectivity index (χ0v) is 15.4. The van der Waals surface area contributed by atoms with Gasteiger partial charge in [0.15, 0.2) is 5.78 Å². The van der Waals surface area contributed by atoms with Crippen molar-refractivity contribution in [1.82, 2.24) is 9.97 Å². The summed E-state index contributed by atoms with van der Waals surface area (Å²) >= 11 is 0. The number of anilines is 1. The van der Waals surface area contributed by atoms with Crippen LogP contribution in [0.5, 0.6) is 0 Å². The lowest BCUT2D eigenvalue weighted by atomic mass is 9.94. The molecule has 2 unspecified atom stereocenters. The number of halogens is 2. The summed E-state index contributed by atoms with van der Waals surface area (Å²) in [6.45, 7) is 3.35. The standard InChI is InChI=1S/C20H18F2N4O2/c1-10-12(3-23)4-24-6-14(10)18(28)17-11(2)13(9-27)5-25-19(17)26-7-15-16(8-26)20(15,21)22/h4-6,15-16,27H,7-9H2,1-2H3. The smallest absolute Gasteiger partial charge is 0.258 e. The number of aromatic nitrogens is 2. The maximum Gasteiger partial charge on any atom is 0.258 e. The first-order chi connectivity index (χ1) is 13.3. The van der Waals surface area contributed by atoms with E-state index in [4.69, 9.17) is 0 Å². The molecule has 2 aromatic heterocycles. The van der Waals surface area contributed by atoms with Crippen LogP contribution in [0.4, 0.5) is 14.6 Å². The fourth-order valence-corrected chi connectivity index (χ4v) is 3.98. The van der Waals surface area contributed by atoms with Crippen molar-refractivity contribution in [3.63, 3.8) is 0 Å². The molecule has 4 rings (SSSR count). The topological polar surface area (TPSA) is 90.1 Å². The van der Waals surface area contributed by atoms with Gasteiger partial charge in [-0.05, 0) is 30.5 Å². The van der Waals surface area contributed by atoms with Crippen LogP contribution < -0.4 is 4.90 Å². The van der Waals surface area contributed by atoms with Gasteiger partial charge >= 0.3 is 0 Å². The van der Waals surface area contributed by atoms with E-state index in [2.05, 4.69) is 9.97 Å². The predicted octanol–water partition coefficient (Wildman–Crippen LogP) is 2.39. The summed E-state index contributed by atoms with van der Waals surface area (Å²) in [5, 5.41) is 18.8. The minimum Gasteiger partial charge on any atom is -0.392 e. The van der Waals surface area contributed by atoms with Crippen molar-refractivity contribution in [2.24, 2.45) is 11.8 Å². The Hall–Kier alpha value is -2.92. The summed E-state index contributed by atoms with van der Waals surface area (Å²) in [5.74, 6) is -4.10. The van der Waals surface area contributed by atoms with Crippen LogP contribution in [0, 0.1) is 37.0 Å². The highest BCUT2D eigenvalue weighted by Gasteiger charge is 2.72. The molecule has 0 aromatic carbocycles. The number of alkyl halides is 2. The van der Waals surface area contributed by atoms with Gasteiger partial charge in [0.2, 0.25) is 0 Å². The third kappa shape index (κ3) is 2.58. The number of carbonyl (C=O) groups excluding carboxylic acids is 1. The molecule has 0 amide bonds. The van der Waals surface area contributed by atoms with Gasteiger partial charge < -0.3 is 10.0 Å². The van der Waals surface area contributed by atoms with E-state index in [1.54, 1.807) is 18.7 Å². The lowest BCUT2D eigenvalue weighted by molar-refractivity contribution is 0.0797. The highest BCUT2D eigenvalue weighted by atomic mass is 19.3. The van der Waals surface area contributed by atoms with Crippen molar-refractivity contribution in [2.45, 2.75) is 26.4 Å². The van der Waals surface area contributed by atoms with Crippen molar-refractivity contribution in [1.29, 1.82) is 5.26 Å². The normalized spacial score (nSPS) is 21.9. The maximum absolute atomic E-state index is 13.6. The van der Waals surface area contributed by atoms with E-state index < -0.39 is 17.8 Å². The molecule has 2 aromatic rings. The number of ketones is 1. The average Bonchev–Trinajstić information content (AvgIpc) is 3.01. The van der Waals surface area contributed by atoms with Crippen LogP contribution in [-0.2, 0) is 6.61 Å². The van der Waals surface area contributed by atoms with Crippen LogP contribution in [0.25, 0.3) is 0 Å². The second-order valence-corrected chi connectivity index (χ2v) is 7.36. The highest BCUT2D eigenvalue weighted by molar-refractivity contribution is 6.14. The van der Waals surface area contributed by atoms with E-state index in [1.807, 2.05) is 6.07 Å². The number of hydrogen-bond acceptors (Lipinski definition) is 6. The van der Waals surface area contributed by atoms with Gasteiger partial charge in [-0.25, -0.2) is 13.8 Å². The number of aliphatic hydroxyl groups excluding tert-OH is 1. The quantitative estimate of drug-likeness (QED) is 0.814. The number of hydrogen-bond donors (Lipinski definition) is 1. The van der Waals surface area contributed by atoms with Crippen molar-refractivity contribution >= 4 is 11.6 Å². The Bertz CT molecular complexity index is 1020. The number of piperidine rings is 1. The number of pyridine rings is 2. The second-order valence-electron chi connectivity index (χ2n) is 7.36. The molecule has 144 valence electrons. The summed E-state index contributed by atoms with van der Waals surface area (Å²) in [7, 11) is 0. The summed E-state index contributed by atoms with van der Waals surface area (Å²) in [4.78, 5) is 23.4. The number of carbonyl (C=O) groups is 1. The van der Waals surface area contributed by atoms with Crippen molar-refractivity contribution < 1.29 is 18.7 Å². The molecule has 1 aliphatic heterocycles. The fourth-order valence-electron chi connectivity index (χ4n) is 3.98. The Morgan fingerprint density at radius 3 is 2.57 bits per heavy atom. The number of nitrogens with zero attached hydrogens (tertiary/aromatic N) is 4. The van der Waals surface area contributed by atoms with E-state index in [1.165, 1.54) is 18.6 Å². The van der Waals surface area contributed by atoms with Crippen LogP contribution in [0.15, 0.2) is 18.6 Å². The monoisotopic (exact) mass is 384 g/mol. The lowest BCUT2D eigenvalue weighted by Crippen LogP contribution is -2.30. The minimum absolute atomic E-state index is 0.137. The Morgan fingerprint density at radius 2 is 1.96 bits per heavy atom. The van der Waals surface area contributed by atoms with E-state index in [0.717, 1.165) is 0 Å². The maximum atomic E-state index is 13.6. The molecule has 6 nitrogen and oxygen atoms in total. The SMILES string of the molecule is Cc1c(C#N)cncc1C(=O)c1c(N2CC3C(C2)C3(F)F)ncc(CO)c1C. The van der Waals surface area contributed by atoms with Crippen molar-refractivity contribution in [3.8, 4) is 6.07 Å². The first-order valence-electron chi connectivity index (χ1n) is 8.92. The first kappa shape index (κ1) is 18.4. The zero-order valence-electron chi connectivity index (χ0n) is 15.4. The molecule has 0 bridgehead atoms. The van der Waals surface area contributed by atoms with Crippen LogP contribution in [0.1, 0.15) is 38.2 Å². The molecule has 28 heavy (non-hydrogen) atoms. The molecule has 1 saturated carbocycles. The molecule has 0 spiro atoms. The van der Waals surface area contributed by atoms with Crippen LogP contribution in [0.3, 0.4) is 0 Å². The predicted molar refractivity (Wildman–Crippen MR) is 96.2 cm³/mol. The van der Waals surface area contributed by atoms with Crippen LogP contribution in [-0.4, -0.2) is 39.9 Å². The summed E-state index contributed by atoms with van der Waals surface area (Å²) in [6, 6.07) is 2.01. The molecule has 1 N–H and O–H groups in total.